The maximum absolute atomic E-state index is 3.50. The summed E-state index contributed by atoms with van der Waals surface area (Å²) >= 11 is 0. The van der Waals surface area contributed by atoms with Gasteiger partial charge in [0.15, 0.2) is 0 Å². The Morgan fingerprint density at radius 2 is 1.38 bits per heavy atom. The largest absolute Gasteiger partial charge is 1.00 e. The van der Waals surface area contributed by atoms with Crippen molar-refractivity contribution in [2.24, 2.45) is 0 Å². The van der Waals surface area contributed by atoms with Gasteiger partial charge in [-0.05, 0) is 39.8 Å². The third-order valence-electron chi connectivity index (χ3n) is 2.12. The van der Waals surface area contributed by atoms with Crippen molar-refractivity contribution < 1.29 is 51.4 Å². The van der Waals surface area contributed by atoms with Crippen LogP contribution in [0.25, 0.3) is 5.32 Å². The summed E-state index contributed by atoms with van der Waals surface area (Å²) in [6, 6.07) is 0.769. The number of hydrogen-bond donors (Lipinski definition) is 0. The molecule has 0 aromatic heterocycles. The van der Waals surface area contributed by atoms with Crippen molar-refractivity contribution in [2.45, 2.75) is 39.2 Å². The molecule has 1 heterocycles. The predicted molar refractivity (Wildman–Crippen MR) is 55.8 cm³/mol. The molecule has 3 heteroatoms. The molecular weight excluding hydrogens is 187 g/mol. The Kier molecular flexibility index (Phi) is 15.2. The minimum Gasteiger partial charge on any atom is -0.668 e. The van der Waals surface area contributed by atoms with Gasteiger partial charge in [0.2, 0.25) is 0 Å². The second-order valence-corrected chi connectivity index (χ2v) is 3.64. The maximum Gasteiger partial charge on any atom is 1.00 e. The Bertz CT molecular complexity index is 90.9. The van der Waals surface area contributed by atoms with E-state index in [1.165, 1.54) is 32.4 Å². The van der Waals surface area contributed by atoms with Crippen LogP contribution in [0, 0.1) is 0 Å². The van der Waals surface area contributed by atoms with Gasteiger partial charge in [0.05, 0.1) is 0 Å². The molecule has 1 fully saturated rings. The van der Waals surface area contributed by atoms with Crippen molar-refractivity contribution >= 4 is 0 Å². The van der Waals surface area contributed by atoms with Gasteiger partial charge in [-0.15, -0.1) is 0 Å². The van der Waals surface area contributed by atoms with Gasteiger partial charge in [-0.3, -0.25) is 0 Å². The zero-order valence-corrected chi connectivity index (χ0v) is 13.1. The predicted octanol–water partition coefficient (Wildman–Crippen LogP) is -0.496. The zero-order valence-electron chi connectivity index (χ0n) is 10.0. The van der Waals surface area contributed by atoms with Gasteiger partial charge in [-0.25, -0.2) is 0 Å². The Balaban J connectivity index is 0. The van der Waals surface area contributed by atoms with Gasteiger partial charge in [0.1, 0.15) is 0 Å². The monoisotopic (exact) mass is 210 g/mol. The number of nitrogens with zero attached hydrogens (tertiary/aromatic N) is 2. The summed E-state index contributed by atoms with van der Waals surface area (Å²) in [7, 11) is 3.50. The first-order chi connectivity index (χ1) is 5.72. The van der Waals surface area contributed by atoms with E-state index in [0.29, 0.717) is 0 Å². The summed E-state index contributed by atoms with van der Waals surface area (Å²) in [6.07, 6.45) is 4.28. The number of hydrogen-bond acceptors (Lipinski definition) is 1. The van der Waals surface area contributed by atoms with Crippen LogP contribution in [0.1, 0.15) is 33.1 Å². The molecule has 2 nitrogen and oxygen atoms in total. The van der Waals surface area contributed by atoms with E-state index >= 15 is 0 Å². The molecule has 1 aliphatic rings. The normalized spacial score (nSPS) is 17.3. The van der Waals surface area contributed by atoms with Crippen LogP contribution in [0.2, 0.25) is 0 Å². The summed E-state index contributed by atoms with van der Waals surface area (Å²) < 4.78 is 0. The fraction of sp³-hybridized carbons (Fsp3) is 1.00. The SMILES string of the molecule is CC(C)N1CCCCC1.C[N-]C.[K+]. The third kappa shape index (κ3) is 9.85. The van der Waals surface area contributed by atoms with Crippen LogP contribution in [0.4, 0.5) is 0 Å². The van der Waals surface area contributed by atoms with Gasteiger partial charge in [0.25, 0.3) is 0 Å². The second-order valence-electron chi connectivity index (χ2n) is 3.64. The number of rotatable bonds is 1. The summed E-state index contributed by atoms with van der Waals surface area (Å²) in [4.78, 5) is 2.56. The number of piperidine rings is 1. The molecule has 1 aliphatic heterocycles. The van der Waals surface area contributed by atoms with Gasteiger partial charge < -0.3 is 10.2 Å². The van der Waals surface area contributed by atoms with Crippen LogP contribution in [0.15, 0.2) is 0 Å². The average molecular weight is 210 g/mol. The molecule has 0 aromatic rings. The first kappa shape index (κ1) is 17.0. The smallest absolute Gasteiger partial charge is 0.668 e. The van der Waals surface area contributed by atoms with E-state index in [9.17, 15) is 0 Å². The Hall–Kier alpha value is 1.56. The van der Waals surface area contributed by atoms with Crippen LogP contribution >= 0.6 is 0 Å². The van der Waals surface area contributed by atoms with E-state index in [1.54, 1.807) is 14.1 Å². The van der Waals surface area contributed by atoms with E-state index in [-0.39, 0.29) is 51.4 Å². The first-order valence-corrected chi connectivity index (χ1v) is 4.94. The molecule has 0 saturated carbocycles. The molecule has 0 amide bonds. The van der Waals surface area contributed by atoms with E-state index < -0.39 is 0 Å². The van der Waals surface area contributed by atoms with E-state index in [1.807, 2.05) is 0 Å². The van der Waals surface area contributed by atoms with E-state index in [2.05, 4.69) is 24.1 Å². The van der Waals surface area contributed by atoms with Gasteiger partial charge in [0, 0.05) is 6.04 Å². The first-order valence-electron chi connectivity index (χ1n) is 4.94. The molecule has 0 aromatic carbocycles. The molecule has 0 radical (unpaired) electrons. The Morgan fingerprint density at radius 3 is 1.62 bits per heavy atom. The topological polar surface area (TPSA) is 17.3 Å². The molecule has 13 heavy (non-hydrogen) atoms. The van der Waals surface area contributed by atoms with Crippen molar-refractivity contribution in [2.75, 3.05) is 27.2 Å². The van der Waals surface area contributed by atoms with Crippen molar-refractivity contribution in [3.63, 3.8) is 0 Å². The van der Waals surface area contributed by atoms with E-state index in [4.69, 9.17) is 0 Å². The molecule has 0 N–H and O–H groups in total. The minimum absolute atomic E-state index is 0. The van der Waals surface area contributed by atoms with Gasteiger partial charge in [-0.2, -0.15) is 14.1 Å². The fourth-order valence-electron chi connectivity index (χ4n) is 1.43. The molecule has 0 aliphatic carbocycles. The minimum atomic E-state index is 0. The molecule has 1 saturated heterocycles. The standard InChI is InChI=1S/C8H17N.C2H6N.K/c1-8(2)9-6-4-3-5-7-9;1-3-2;/h8H,3-7H2,1-2H3;1-2H3;/q;-1;+1. The molecule has 0 unspecified atom stereocenters. The maximum atomic E-state index is 3.50. The van der Waals surface area contributed by atoms with Crippen LogP contribution < -0.4 is 51.4 Å². The third-order valence-corrected chi connectivity index (χ3v) is 2.12. The summed E-state index contributed by atoms with van der Waals surface area (Å²) in [5.41, 5.74) is 0. The van der Waals surface area contributed by atoms with Crippen LogP contribution in [-0.4, -0.2) is 38.1 Å². The summed E-state index contributed by atoms with van der Waals surface area (Å²) in [5.74, 6) is 0. The second kappa shape index (κ2) is 11.6. The fourth-order valence-corrected chi connectivity index (χ4v) is 1.43. The van der Waals surface area contributed by atoms with Crippen molar-refractivity contribution in [1.82, 2.24) is 4.90 Å². The Labute approximate surface area is 126 Å². The summed E-state index contributed by atoms with van der Waals surface area (Å²) in [5, 5.41) is 3.50. The molecule has 0 spiro atoms. The zero-order chi connectivity index (χ0) is 9.40. The molecular formula is C10H23KN2. The average Bonchev–Trinajstić information content (AvgIpc) is 2.07. The quantitative estimate of drug-likeness (QED) is 0.534. The van der Waals surface area contributed by atoms with Crippen LogP contribution in [0.3, 0.4) is 0 Å². The van der Waals surface area contributed by atoms with Crippen molar-refractivity contribution in [1.29, 1.82) is 0 Å². The van der Waals surface area contributed by atoms with Crippen LogP contribution in [0.5, 0.6) is 0 Å². The van der Waals surface area contributed by atoms with Crippen molar-refractivity contribution in [3.05, 3.63) is 5.32 Å². The molecule has 1 rings (SSSR count). The summed E-state index contributed by atoms with van der Waals surface area (Å²) in [6.45, 7) is 7.23. The molecule has 74 valence electrons. The van der Waals surface area contributed by atoms with Crippen LogP contribution in [-0.2, 0) is 0 Å². The molecule has 0 atom stereocenters. The Morgan fingerprint density at radius 1 is 1.00 bits per heavy atom. The van der Waals surface area contributed by atoms with Gasteiger partial charge >= 0.3 is 51.4 Å². The van der Waals surface area contributed by atoms with Gasteiger partial charge in [-0.1, -0.05) is 6.42 Å². The number of likely N-dealkylation sites (tertiary alicyclic amines) is 1. The molecule has 0 bridgehead atoms. The van der Waals surface area contributed by atoms with E-state index in [0.717, 1.165) is 6.04 Å². The van der Waals surface area contributed by atoms with Crippen molar-refractivity contribution in [3.8, 4) is 0 Å².